The Kier molecular flexibility index (Phi) is 5.10. The number of piperidine rings is 1. The van der Waals surface area contributed by atoms with Crippen LogP contribution in [0.3, 0.4) is 0 Å². The number of likely N-dealkylation sites (tertiary alicyclic amines) is 1. The molecular weight excluding hydrogens is 452 g/mol. The molecular formula is C29H28N4O3. The van der Waals surface area contributed by atoms with Crippen molar-refractivity contribution in [1.82, 2.24) is 4.90 Å². The number of fused-ring (bicyclic) bond motifs is 3. The zero-order chi connectivity index (χ0) is 25.0. The lowest BCUT2D eigenvalue weighted by Crippen LogP contribution is -2.62. The summed E-state index contributed by atoms with van der Waals surface area (Å²) in [6.45, 7) is 2.85. The van der Waals surface area contributed by atoms with Crippen molar-refractivity contribution in [2.75, 3.05) is 28.7 Å². The molecule has 0 radical (unpaired) electrons. The topological polar surface area (TPSA) is 73.0 Å². The number of para-hydroxylation sites is 2. The number of benzene rings is 3. The normalized spacial score (nSPS) is 22.9. The molecule has 6 rings (SSSR count). The number of carbonyl (C=O) groups excluding carboxylic acids is 3. The molecule has 36 heavy (non-hydrogen) atoms. The molecule has 0 aromatic heterocycles. The van der Waals surface area contributed by atoms with Crippen molar-refractivity contribution in [3.8, 4) is 0 Å². The number of nitrogens with one attached hydrogen (secondary N) is 1. The Morgan fingerprint density at radius 1 is 0.944 bits per heavy atom. The number of carbonyl (C=O) groups is 3. The van der Waals surface area contributed by atoms with Gasteiger partial charge >= 0.3 is 0 Å². The van der Waals surface area contributed by atoms with Gasteiger partial charge < -0.3 is 15.1 Å². The molecule has 1 spiro atoms. The fraction of sp³-hybridized carbons (Fsp3) is 0.276. The molecule has 7 nitrogen and oxygen atoms in total. The van der Waals surface area contributed by atoms with Gasteiger partial charge in [-0.1, -0.05) is 30.3 Å². The standard InChI is InChI=1S/C29H28N4O3/c1-19-9-7-8-18-32(19)26(34)20-14-16-21(17-15-20)33-27(35)22-10-3-5-12-24(22)30-29(33)23-11-4-6-13-25(23)31(2)28(29)36/h3-6,10-17,19,30H,7-9,18H2,1-2H3. The zero-order valence-electron chi connectivity index (χ0n) is 20.4. The van der Waals surface area contributed by atoms with Gasteiger partial charge in [0.15, 0.2) is 0 Å². The van der Waals surface area contributed by atoms with E-state index in [1.54, 1.807) is 42.3 Å². The van der Waals surface area contributed by atoms with Crippen molar-refractivity contribution in [3.05, 3.63) is 89.5 Å². The van der Waals surface area contributed by atoms with Crippen molar-refractivity contribution in [2.24, 2.45) is 0 Å². The van der Waals surface area contributed by atoms with E-state index in [4.69, 9.17) is 0 Å². The number of amides is 3. The van der Waals surface area contributed by atoms with Gasteiger partial charge in [0.2, 0.25) is 5.66 Å². The van der Waals surface area contributed by atoms with Gasteiger partial charge in [0.25, 0.3) is 17.7 Å². The SMILES string of the molecule is CC1CCCCN1C(=O)c1ccc(N2C(=O)c3ccccc3NC23C(=O)N(C)c2ccccc23)cc1. The Balaban J connectivity index is 1.46. The quantitative estimate of drug-likeness (QED) is 0.582. The lowest BCUT2D eigenvalue weighted by molar-refractivity contribution is -0.121. The number of rotatable bonds is 2. The van der Waals surface area contributed by atoms with Crippen molar-refractivity contribution in [1.29, 1.82) is 0 Å². The zero-order valence-corrected chi connectivity index (χ0v) is 20.4. The first-order valence-electron chi connectivity index (χ1n) is 12.4. The first kappa shape index (κ1) is 22.3. The second kappa shape index (κ2) is 8.22. The molecule has 3 aliphatic rings. The third-order valence-electron chi connectivity index (χ3n) is 7.72. The molecule has 1 fully saturated rings. The average Bonchev–Trinajstić information content (AvgIpc) is 3.11. The molecule has 0 bridgehead atoms. The maximum Gasteiger partial charge on any atom is 0.278 e. The highest BCUT2D eigenvalue weighted by Crippen LogP contribution is 2.49. The molecule has 0 aliphatic carbocycles. The maximum absolute atomic E-state index is 14.0. The highest BCUT2D eigenvalue weighted by Gasteiger charge is 2.58. The fourth-order valence-electron chi connectivity index (χ4n) is 5.81. The van der Waals surface area contributed by atoms with Crippen LogP contribution in [0.25, 0.3) is 0 Å². The number of nitrogens with zero attached hydrogens (tertiary/aromatic N) is 3. The van der Waals surface area contributed by atoms with Gasteiger partial charge in [-0.2, -0.15) is 0 Å². The summed E-state index contributed by atoms with van der Waals surface area (Å²) in [6, 6.07) is 22.0. The van der Waals surface area contributed by atoms with E-state index < -0.39 is 5.66 Å². The molecule has 2 atom stereocenters. The van der Waals surface area contributed by atoms with E-state index in [9.17, 15) is 14.4 Å². The van der Waals surface area contributed by atoms with Gasteiger partial charge in [-0.25, -0.2) is 0 Å². The summed E-state index contributed by atoms with van der Waals surface area (Å²) < 4.78 is 0. The summed E-state index contributed by atoms with van der Waals surface area (Å²) >= 11 is 0. The first-order valence-corrected chi connectivity index (χ1v) is 12.4. The summed E-state index contributed by atoms with van der Waals surface area (Å²) in [5, 5.41) is 3.42. The van der Waals surface area contributed by atoms with Crippen LogP contribution >= 0.6 is 0 Å². The molecule has 3 aromatic rings. The predicted octanol–water partition coefficient (Wildman–Crippen LogP) is 4.60. The molecule has 2 unspecified atom stereocenters. The third-order valence-corrected chi connectivity index (χ3v) is 7.72. The molecule has 3 amide bonds. The van der Waals surface area contributed by atoms with Crippen molar-refractivity contribution < 1.29 is 14.4 Å². The van der Waals surface area contributed by atoms with Crippen LogP contribution in [0, 0.1) is 0 Å². The van der Waals surface area contributed by atoms with E-state index in [2.05, 4.69) is 12.2 Å². The largest absolute Gasteiger partial charge is 0.350 e. The van der Waals surface area contributed by atoms with Crippen molar-refractivity contribution in [2.45, 2.75) is 37.9 Å². The van der Waals surface area contributed by atoms with E-state index >= 15 is 0 Å². The van der Waals surface area contributed by atoms with Gasteiger partial charge in [-0.3, -0.25) is 19.3 Å². The monoisotopic (exact) mass is 480 g/mol. The second-order valence-electron chi connectivity index (χ2n) is 9.79. The Bertz CT molecular complexity index is 1390. The van der Waals surface area contributed by atoms with E-state index in [1.165, 1.54) is 4.90 Å². The minimum Gasteiger partial charge on any atom is -0.350 e. The van der Waals surface area contributed by atoms with Crippen LogP contribution in [-0.4, -0.2) is 42.3 Å². The van der Waals surface area contributed by atoms with Crippen LogP contribution in [0.4, 0.5) is 17.1 Å². The van der Waals surface area contributed by atoms with Gasteiger partial charge in [0.1, 0.15) is 0 Å². The van der Waals surface area contributed by atoms with Crippen LogP contribution in [0.15, 0.2) is 72.8 Å². The van der Waals surface area contributed by atoms with Crippen LogP contribution in [-0.2, 0) is 10.5 Å². The first-order chi connectivity index (χ1) is 17.4. The summed E-state index contributed by atoms with van der Waals surface area (Å²) in [5.41, 5.74) is 2.26. The van der Waals surface area contributed by atoms with Crippen molar-refractivity contribution in [3.63, 3.8) is 0 Å². The van der Waals surface area contributed by atoms with E-state index in [0.29, 0.717) is 28.1 Å². The Morgan fingerprint density at radius 2 is 1.67 bits per heavy atom. The van der Waals surface area contributed by atoms with Crippen LogP contribution in [0.2, 0.25) is 0 Å². The molecule has 1 saturated heterocycles. The van der Waals surface area contributed by atoms with Crippen LogP contribution in [0.1, 0.15) is 52.5 Å². The number of hydrogen-bond donors (Lipinski definition) is 1. The molecule has 1 N–H and O–H groups in total. The van der Waals surface area contributed by atoms with Gasteiger partial charge in [-0.05, 0) is 68.7 Å². The number of hydrogen-bond acceptors (Lipinski definition) is 4. The third kappa shape index (κ3) is 3.08. The van der Waals surface area contributed by atoms with Gasteiger partial charge in [0.05, 0.1) is 11.3 Å². The van der Waals surface area contributed by atoms with Gasteiger partial charge in [-0.15, -0.1) is 0 Å². The van der Waals surface area contributed by atoms with E-state index in [0.717, 1.165) is 31.5 Å². The van der Waals surface area contributed by atoms with Gasteiger partial charge in [0, 0.05) is 42.1 Å². The number of anilines is 3. The molecule has 0 saturated carbocycles. The maximum atomic E-state index is 14.0. The fourth-order valence-corrected chi connectivity index (χ4v) is 5.81. The smallest absolute Gasteiger partial charge is 0.278 e. The second-order valence-corrected chi connectivity index (χ2v) is 9.79. The lowest BCUT2D eigenvalue weighted by Gasteiger charge is -2.45. The Morgan fingerprint density at radius 3 is 2.44 bits per heavy atom. The molecule has 3 aliphatic heterocycles. The van der Waals surface area contributed by atoms with Crippen LogP contribution < -0.4 is 15.1 Å². The van der Waals surface area contributed by atoms with Crippen molar-refractivity contribution >= 4 is 34.8 Å². The number of likely N-dealkylation sites (N-methyl/N-ethyl adjacent to an activating group) is 1. The Labute approximate surface area is 210 Å². The summed E-state index contributed by atoms with van der Waals surface area (Å²) in [7, 11) is 1.72. The Hall–Kier alpha value is -4.13. The molecule has 182 valence electrons. The molecule has 7 heteroatoms. The predicted molar refractivity (Wildman–Crippen MR) is 139 cm³/mol. The van der Waals surface area contributed by atoms with Crippen LogP contribution in [0.5, 0.6) is 0 Å². The van der Waals surface area contributed by atoms with E-state index in [-0.39, 0.29) is 23.8 Å². The highest BCUT2D eigenvalue weighted by atomic mass is 16.2. The summed E-state index contributed by atoms with van der Waals surface area (Å²) in [6.07, 6.45) is 3.16. The molecule has 3 aromatic carbocycles. The minimum absolute atomic E-state index is 0.000994. The molecule has 3 heterocycles. The highest BCUT2D eigenvalue weighted by molar-refractivity contribution is 6.22. The summed E-state index contributed by atoms with van der Waals surface area (Å²) in [5.74, 6) is -0.515. The minimum atomic E-state index is -1.43. The lowest BCUT2D eigenvalue weighted by atomic mass is 9.92. The summed E-state index contributed by atoms with van der Waals surface area (Å²) in [4.78, 5) is 46.2. The van der Waals surface area contributed by atoms with E-state index in [1.807, 2.05) is 47.4 Å². The average molecular weight is 481 g/mol.